The zero-order chi connectivity index (χ0) is 30.1. The van der Waals surface area contributed by atoms with Crippen molar-refractivity contribution in [1.29, 1.82) is 0 Å². The number of ether oxygens (including phenoxy) is 2. The molecular formula is C31H25N3O7S2. The van der Waals surface area contributed by atoms with Crippen molar-refractivity contribution in [3.63, 3.8) is 0 Å². The number of nitrogens with one attached hydrogen (secondary N) is 2. The topological polar surface area (TPSA) is 135 Å². The van der Waals surface area contributed by atoms with Gasteiger partial charge in [0.2, 0.25) is 11.8 Å². The smallest absolute Gasteiger partial charge is 0.338 e. The van der Waals surface area contributed by atoms with Crippen molar-refractivity contribution < 1.29 is 28.7 Å². The van der Waals surface area contributed by atoms with Crippen LogP contribution in [0.25, 0.3) is 0 Å². The van der Waals surface area contributed by atoms with Gasteiger partial charge in [-0.15, -0.1) is 0 Å². The predicted molar refractivity (Wildman–Crippen MR) is 162 cm³/mol. The van der Waals surface area contributed by atoms with Crippen molar-refractivity contribution in [2.24, 2.45) is 5.92 Å². The summed E-state index contributed by atoms with van der Waals surface area (Å²) in [4.78, 5) is 69.0. The van der Waals surface area contributed by atoms with Gasteiger partial charge in [0.05, 0.1) is 28.8 Å². The summed E-state index contributed by atoms with van der Waals surface area (Å²) in [6.07, 6.45) is 0. The zero-order valence-corrected chi connectivity index (χ0v) is 24.4. The van der Waals surface area contributed by atoms with Crippen molar-refractivity contribution >= 4 is 58.2 Å². The quantitative estimate of drug-likeness (QED) is 0.220. The van der Waals surface area contributed by atoms with Crippen LogP contribution in [0.2, 0.25) is 0 Å². The van der Waals surface area contributed by atoms with E-state index in [4.69, 9.17) is 9.47 Å². The Morgan fingerprint density at radius 1 is 0.930 bits per heavy atom. The van der Waals surface area contributed by atoms with Gasteiger partial charge in [-0.25, -0.2) is 9.69 Å². The molecule has 0 spiro atoms. The highest BCUT2D eigenvalue weighted by molar-refractivity contribution is 8.00. The van der Waals surface area contributed by atoms with E-state index in [0.29, 0.717) is 38.2 Å². The fraction of sp³-hybridized carbons (Fsp3) is 0.194. The number of aromatic nitrogens is 1. The first-order valence-corrected chi connectivity index (χ1v) is 15.2. The maximum absolute atomic E-state index is 13.9. The summed E-state index contributed by atoms with van der Waals surface area (Å²) >= 11 is 2.20. The number of hydrogen-bond acceptors (Lipinski definition) is 9. The summed E-state index contributed by atoms with van der Waals surface area (Å²) in [5, 5.41) is 2.54. The lowest BCUT2D eigenvalue weighted by Crippen LogP contribution is -2.32. The van der Waals surface area contributed by atoms with Gasteiger partial charge in [0.15, 0.2) is 6.61 Å². The Bertz CT molecular complexity index is 1770. The highest BCUT2D eigenvalue weighted by Crippen LogP contribution is 2.54. The molecule has 0 saturated carbocycles. The second-order valence-corrected chi connectivity index (χ2v) is 11.9. The first-order chi connectivity index (χ1) is 20.9. The molecule has 1 saturated heterocycles. The molecule has 3 aromatic carbocycles. The number of H-pyrrole nitrogens is 1. The predicted octanol–water partition coefficient (Wildman–Crippen LogP) is 4.43. The van der Waals surface area contributed by atoms with Gasteiger partial charge in [0.1, 0.15) is 11.0 Å². The van der Waals surface area contributed by atoms with Crippen molar-refractivity contribution in [1.82, 2.24) is 4.98 Å². The molecule has 3 heterocycles. The molecule has 10 nitrogen and oxygen atoms in total. The van der Waals surface area contributed by atoms with E-state index in [1.54, 1.807) is 79.7 Å². The molecular weight excluding hydrogens is 590 g/mol. The molecule has 12 heteroatoms. The number of para-hydroxylation sites is 2. The minimum absolute atomic E-state index is 0.261. The van der Waals surface area contributed by atoms with Crippen molar-refractivity contribution in [2.45, 2.75) is 23.1 Å². The van der Waals surface area contributed by atoms with E-state index < -0.39 is 29.0 Å². The number of fused-ring (bicyclic) bond motifs is 2. The number of nitrogens with zero attached hydrogens (tertiary/aromatic N) is 1. The Morgan fingerprint density at radius 2 is 1.65 bits per heavy atom. The molecule has 4 aromatic rings. The van der Waals surface area contributed by atoms with Crippen LogP contribution in [0.3, 0.4) is 0 Å². The Hall–Kier alpha value is -4.68. The number of rotatable bonds is 8. The molecule has 1 aromatic heterocycles. The summed E-state index contributed by atoms with van der Waals surface area (Å²) in [6, 6.07) is 22.1. The van der Waals surface area contributed by atoms with Crippen molar-refractivity contribution in [3.05, 3.63) is 105 Å². The number of anilines is 2. The molecule has 43 heavy (non-hydrogen) atoms. The van der Waals surface area contributed by atoms with Crippen LogP contribution in [-0.4, -0.2) is 47.1 Å². The number of carbonyl (C=O) groups is 4. The van der Waals surface area contributed by atoms with E-state index in [-0.39, 0.29) is 29.9 Å². The number of thiazole rings is 1. The van der Waals surface area contributed by atoms with E-state index in [0.717, 1.165) is 11.3 Å². The minimum atomic E-state index is -0.784. The van der Waals surface area contributed by atoms with Crippen LogP contribution in [0.1, 0.15) is 33.6 Å². The van der Waals surface area contributed by atoms with Crippen molar-refractivity contribution in [3.8, 4) is 5.75 Å². The summed E-state index contributed by atoms with van der Waals surface area (Å²) in [5.74, 6) is -2.67. The fourth-order valence-corrected chi connectivity index (χ4v) is 7.80. The minimum Gasteiger partial charge on any atom is -0.483 e. The Morgan fingerprint density at radius 3 is 2.40 bits per heavy atom. The van der Waals surface area contributed by atoms with Gasteiger partial charge in [-0.05, 0) is 49.4 Å². The molecule has 6 rings (SSSR count). The fourth-order valence-electron chi connectivity index (χ4n) is 5.30. The van der Waals surface area contributed by atoms with E-state index >= 15 is 0 Å². The van der Waals surface area contributed by atoms with E-state index in [1.807, 2.05) is 6.07 Å². The first-order valence-electron chi connectivity index (χ1n) is 13.5. The second kappa shape index (κ2) is 11.9. The zero-order valence-electron chi connectivity index (χ0n) is 22.8. The lowest BCUT2D eigenvalue weighted by Gasteiger charge is -2.30. The SMILES string of the molecule is CCOC(=O)c1ccc(NC(=O)COc2ccccc2[C@H]2c3sc(=O)[nH]c3SC3C(=O)N(c4ccccc4)C(=O)C32)cc1. The largest absolute Gasteiger partial charge is 0.483 e. The average Bonchev–Trinajstić information content (AvgIpc) is 3.51. The van der Waals surface area contributed by atoms with E-state index in [9.17, 15) is 24.0 Å². The van der Waals surface area contributed by atoms with Gasteiger partial charge in [-0.3, -0.25) is 19.2 Å². The van der Waals surface area contributed by atoms with Crippen LogP contribution in [-0.2, 0) is 19.1 Å². The number of carbonyl (C=O) groups excluding carboxylic acids is 4. The van der Waals surface area contributed by atoms with Crippen LogP contribution >= 0.6 is 23.1 Å². The molecule has 2 N–H and O–H groups in total. The maximum Gasteiger partial charge on any atom is 0.338 e. The van der Waals surface area contributed by atoms with Crippen LogP contribution in [0.4, 0.5) is 11.4 Å². The Labute approximate surface area is 254 Å². The van der Waals surface area contributed by atoms with Crippen molar-refractivity contribution in [2.75, 3.05) is 23.4 Å². The Balaban J connectivity index is 1.26. The normalized spacial score (nSPS) is 19.0. The molecule has 0 aliphatic carbocycles. The van der Waals surface area contributed by atoms with Gasteiger partial charge < -0.3 is 19.8 Å². The highest BCUT2D eigenvalue weighted by atomic mass is 32.2. The second-order valence-electron chi connectivity index (χ2n) is 9.77. The molecule has 0 bridgehead atoms. The monoisotopic (exact) mass is 615 g/mol. The molecule has 2 aliphatic heterocycles. The van der Waals surface area contributed by atoms with Crippen LogP contribution in [0.15, 0.2) is 88.7 Å². The summed E-state index contributed by atoms with van der Waals surface area (Å²) in [7, 11) is 0. The number of amides is 3. The van der Waals surface area contributed by atoms with Gasteiger partial charge in [-0.2, -0.15) is 0 Å². The standard InChI is InChI=1S/C31H25N3O7S2/c1-2-40-30(38)17-12-14-18(15-13-17)32-22(35)16-41-21-11-7-6-10-20(21)23-24-26(42-27-25(23)43-31(39)33-27)29(37)34(28(24)36)19-8-4-3-5-9-19/h3-15,23-24,26H,2,16H2,1H3,(H,32,35)(H,33,39)/t23-,24?,26?/m1/s1. The third-order valence-electron chi connectivity index (χ3n) is 7.13. The molecule has 3 atom stereocenters. The number of imide groups is 1. The van der Waals surface area contributed by atoms with E-state index in [1.165, 1.54) is 16.7 Å². The molecule has 3 amide bonds. The number of hydrogen-bond donors (Lipinski definition) is 2. The lowest BCUT2D eigenvalue weighted by molar-refractivity contribution is -0.122. The van der Waals surface area contributed by atoms with Gasteiger partial charge in [0.25, 0.3) is 5.91 Å². The molecule has 1 fully saturated rings. The number of benzene rings is 3. The lowest BCUT2D eigenvalue weighted by atomic mass is 9.82. The molecule has 2 aliphatic rings. The Kier molecular flexibility index (Phi) is 7.87. The maximum atomic E-state index is 13.9. The third-order valence-corrected chi connectivity index (χ3v) is 9.53. The third kappa shape index (κ3) is 5.46. The van der Waals surface area contributed by atoms with Crippen LogP contribution in [0.5, 0.6) is 5.75 Å². The number of esters is 1. The molecule has 2 unspecified atom stereocenters. The molecule has 0 radical (unpaired) electrons. The summed E-state index contributed by atoms with van der Waals surface area (Å²) in [6.45, 7) is 1.64. The van der Waals surface area contributed by atoms with Gasteiger partial charge in [-0.1, -0.05) is 59.5 Å². The summed E-state index contributed by atoms with van der Waals surface area (Å²) < 4.78 is 11.0. The van der Waals surface area contributed by atoms with Gasteiger partial charge in [0, 0.05) is 22.0 Å². The number of aromatic amines is 1. The van der Waals surface area contributed by atoms with Crippen LogP contribution < -0.4 is 19.8 Å². The summed E-state index contributed by atoms with van der Waals surface area (Å²) in [5.41, 5.74) is 1.92. The average molecular weight is 616 g/mol. The molecule has 218 valence electrons. The van der Waals surface area contributed by atoms with Crippen LogP contribution in [0, 0.1) is 5.92 Å². The highest BCUT2D eigenvalue weighted by Gasteiger charge is 2.56. The van der Waals surface area contributed by atoms with Gasteiger partial charge >= 0.3 is 10.8 Å². The van der Waals surface area contributed by atoms with E-state index in [2.05, 4.69) is 10.3 Å². The number of thioether (sulfide) groups is 1. The first kappa shape index (κ1) is 28.4.